The lowest BCUT2D eigenvalue weighted by atomic mass is 9.98. The first kappa shape index (κ1) is 12.7. The molecule has 2 rings (SSSR count). The molecule has 1 aliphatic rings. The Balaban J connectivity index is 2.20. The molecule has 0 spiro atoms. The van der Waals surface area contributed by atoms with Crippen molar-refractivity contribution in [2.75, 3.05) is 11.1 Å². The number of rotatable bonds is 3. The van der Waals surface area contributed by atoms with Gasteiger partial charge in [0.2, 0.25) is 0 Å². The minimum absolute atomic E-state index is 0.103. The van der Waals surface area contributed by atoms with Gasteiger partial charge in [-0.2, -0.15) is 0 Å². The third-order valence-electron chi connectivity index (χ3n) is 4.01. The Kier molecular flexibility index (Phi) is 3.41. The lowest BCUT2D eigenvalue weighted by molar-refractivity contribution is 0.0698. The van der Waals surface area contributed by atoms with Crippen molar-refractivity contribution < 1.29 is 9.90 Å². The number of carboxylic acids is 1. The summed E-state index contributed by atoms with van der Waals surface area (Å²) in [7, 11) is 0. The molecular weight excluding hydrogens is 230 g/mol. The zero-order valence-electron chi connectivity index (χ0n) is 10.7. The number of nitrogens with two attached hydrogens (primary N) is 1. The standard InChI is InChI=1S/C13H19N3O2/c1-7-3-4-10(8(7)2)16-12-11(14)9(13(17)18)5-6-15-12/h5-8,10H,3-4,14H2,1-2H3,(H,15,16)(H,17,18). The van der Waals surface area contributed by atoms with Crippen molar-refractivity contribution in [3.05, 3.63) is 17.8 Å². The number of carbonyl (C=O) groups is 1. The zero-order chi connectivity index (χ0) is 13.3. The lowest BCUT2D eigenvalue weighted by Crippen LogP contribution is -2.25. The number of carboxylic acid groups (broad SMARTS) is 1. The zero-order valence-corrected chi connectivity index (χ0v) is 10.7. The van der Waals surface area contributed by atoms with Gasteiger partial charge < -0.3 is 16.2 Å². The number of nitrogens with one attached hydrogen (secondary N) is 1. The smallest absolute Gasteiger partial charge is 0.337 e. The minimum atomic E-state index is -1.02. The molecule has 98 valence electrons. The highest BCUT2D eigenvalue weighted by Gasteiger charge is 2.30. The largest absolute Gasteiger partial charge is 0.478 e. The molecule has 1 heterocycles. The first-order valence-electron chi connectivity index (χ1n) is 6.25. The summed E-state index contributed by atoms with van der Waals surface area (Å²) in [6.45, 7) is 4.43. The molecule has 0 bridgehead atoms. The molecular formula is C13H19N3O2. The molecule has 0 saturated heterocycles. The first-order valence-corrected chi connectivity index (χ1v) is 6.25. The Labute approximate surface area is 106 Å². The van der Waals surface area contributed by atoms with Crippen LogP contribution in [0.15, 0.2) is 12.3 Å². The summed E-state index contributed by atoms with van der Waals surface area (Å²) in [4.78, 5) is 15.1. The van der Waals surface area contributed by atoms with E-state index in [0.29, 0.717) is 23.7 Å². The molecule has 4 N–H and O–H groups in total. The van der Waals surface area contributed by atoms with Crippen molar-refractivity contribution in [3.63, 3.8) is 0 Å². The van der Waals surface area contributed by atoms with E-state index in [2.05, 4.69) is 24.1 Å². The second-order valence-electron chi connectivity index (χ2n) is 5.09. The van der Waals surface area contributed by atoms with Crippen molar-refractivity contribution in [3.8, 4) is 0 Å². The Morgan fingerprint density at radius 3 is 2.78 bits per heavy atom. The first-order chi connectivity index (χ1) is 8.50. The van der Waals surface area contributed by atoms with E-state index >= 15 is 0 Å². The number of aromatic carboxylic acids is 1. The monoisotopic (exact) mass is 249 g/mol. The van der Waals surface area contributed by atoms with Crippen LogP contribution in [0.2, 0.25) is 0 Å². The molecule has 0 aliphatic heterocycles. The molecule has 1 saturated carbocycles. The number of nitrogens with zero attached hydrogens (tertiary/aromatic N) is 1. The van der Waals surface area contributed by atoms with E-state index in [0.717, 1.165) is 6.42 Å². The quantitative estimate of drug-likeness (QED) is 0.764. The molecule has 3 unspecified atom stereocenters. The molecule has 0 amide bonds. The van der Waals surface area contributed by atoms with E-state index < -0.39 is 5.97 Å². The van der Waals surface area contributed by atoms with E-state index in [9.17, 15) is 4.79 Å². The number of aromatic nitrogens is 1. The van der Waals surface area contributed by atoms with E-state index in [1.54, 1.807) is 0 Å². The van der Waals surface area contributed by atoms with Gasteiger partial charge in [-0.1, -0.05) is 13.8 Å². The van der Waals surface area contributed by atoms with Gasteiger partial charge in [0.25, 0.3) is 0 Å². The maximum absolute atomic E-state index is 11.0. The summed E-state index contributed by atoms with van der Waals surface area (Å²) in [5.41, 5.74) is 6.16. The predicted octanol–water partition coefficient (Wildman–Crippen LogP) is 2.21. The Hall–Kier alpha value is -1.78. The number of anilines is 2. The molecule has 1 aliphatic carbocycles. The highest BCUT2D eigenvalue weighted by molar-refractivity contribution is 5.96. The van der Waals surface area contributed by atoms with Crippen molar-refractivity contribution in [1.29, 1.82) is 0 Å². The van der Waals surface area contributed by atoms with Gasteiger partial charge in [-0.15, -0.1) is 0 Å². The van der Waals surface area contributed by atoms with Gasteiger partial charge in [-0.25, -0.2) is 9.78 Å². The minimum Gasteiger partial charge on any atom is -0.478 e. The summed E-state index contributed by atoms with van der Waals surface area (Å²) in [5, 5.41) is 12.3. The van der Waals surface area contributed by atoms with Gasteiger partial charge in [0, 0.05) is 12.2 Å². The third-order valence-corrected chi connectivity index (χ3v) is 4.01. The van der Waals surface area contributed by atoms with Gasteiger partial charge >= 0.3 is 5.97 Å². The van der Waals surface area contributed by atoms with Gasteiger partial charge in [0.05, 0.1) is 11.3 Å². The summed E-state index contributed by atoms with van der Waals surface area (Å²) in [6.07, 6.45) is 3.73. The normalized spacial score (nSPS) is 27.1. The van der Waals surface area contributed by atoms with Crippen LogP contribution >= 0.6 is 0 Å². The van der Waals surface area contributed by atoms with Crippen molar-refractivity contribution >= 4 is 17.5 Å². The second-order valence-corrected chi connectivity index (χ2v) is 5.09. The molecule has 1 aromatic heterocycles. The van der Waals surface area contributed by atoms with Crippen LogP contribution in [0.5, 0.6) is 0 Å². The molecule has 0 radical (unpaired) electrons. The SMILES string of the molecule is CC1CCC(Nc2nccc(C(=O)O)c2N)C1C. The lowest BCUT2D eigenvalue weighted by Gasteiger charge is -2.21. The van der Waals surface area contributed by atoms with Crippen LogP contribution in [0.3, 0.4) is 0 Å². The highest BCUT2D eigenvalue weighted by Crippen LogP contribution is 2.34. The van der Waals surface area contributed by atoms with Crippen LogP contribution in [0.1, 0.15) is 37.0 Å². The Morgan fingerprint density at radius 1 is 1.50 bits per heavy atom. The van der Waals surface area contributed by atoms with Gasteiger partial charge in [0.15, 0.2) is 0 Å². The predicted molar refractivity (Wildman–Crippen MR) is 70.6 cm³/mol. The third kappa shape index (κ3) is 2.25. The van der Waals surface area contributed by atoms with Crippen LogP contribution < -0.4 is 11.1 Å². The van der Waals surface area contributed by atoms with Crippen molar-refractivity contribution in [2.45, 2.75) is 32.7 Å². The summed E-state index contributed by atoms with van der Waals surface area (Å²) in [6, 6.07) is 1.74. The maximum atomic E-state index is 11.0. The van der Waals surface area contributed by atoms with Crippen LogP contribution in [-0.2, 0) is 0 Å². The van der Waals surface area contributed by atoms with Gasteiger partial charge in [-0.3, -0.25) is 0 Å². The number of pyridine rings is 1. The van der Waals surface area contributed by atoms with E-state index in [-0.39, 0.29) is 11.3 Å². The van der Waals surface area contributed by atoms with Gasteiger partial charge in [0.1, 0.15) is 5.82 Å². The number of hydrogen-bond donors (Lipinski definition) is 3. The molecule has 1 fully saturated rings. The Morgan fingerprint density at radius 2 is 2.22 bits per heavy atom. The van der Waals surface area contributed by atoms with Crippen LogP contribution in [-0.4, -0.2) is 22.1 Å². The highest BCUT2D eigenvalue weighted by atomic mass is 16.4. The average Bonchev–Trinajstić information content (AvgIpc) is 2.63. The molecule has 5 heteroatoms. The average molecular weight is 249 g/mol. The second kappa shape index (κ2) is 4.84. The fourth-order valence-electron chi connectivity index (χ4n) is 2.52. The fourth-order valence-corrected chi connectivity index (χ4v) is 2.52. The van der Waals surface area contributed by atoms with E-state index in [1.165, 1.54) is 18.7 Å². The van der Waals surface area contributed by atoms with Crippen molar-refractivity contribution in [1.82, 2.24) is 4.98 Å². The van der Waals surface area contributed by atoms with Crippen LogP contribution in [0.4, 0.5) is 11.5 Å². The van der Waals surface area contributed by atoms with Crippen LogP contribution in [0, 0.1) is 11.8 Å². The molecule has 5 nitrogen and oxygen atoms in total. The molecule has 18 heavy (non-hydrogen) atoms. The molecule has 3 atom stereocenters. The topological polar surface area (TPSA) is 88.2 Å². The number of hydrogen-bond acceptors (Lipinski definition) is 4. The summed E-state index contributed by atoms with van der Waals surface area (Å²) >= 11 is 0. The maximum Gasteiger partial charge on any atom is 0.337 e. The summed E-state index contributed by atoms with van der Waals surface area (Å²) < 4.78 is 0. The van der Waals surface area contributed by atoms with E-state index in [4.69, 9.17) is 10.8 Å². The van der Waals surface area contributed by atoms with Crippen molar-refractivity contribution in [2.24, 2.45) is 11.8 Å². The van der Waals surface area contributed by atoms with E-state index in [1.807, 2.05) is 0 Å². The molecule has 0 aromatic carbocycles. The fraction of sp³-hybridized carbons (Fsp3) is 0.538. The Bertz CT molecular complexity index is 462. The summed E-state index contributed by atoms with van der Waals surface area (Å²) in [5.74, 6) is 0.678. The molecule has 1 aromatic rings. The number of nitrogen functional groups attached to an aromatic ring is 1. The van der Waals surface area contributed by atoms with Gasteiger partial charge in [-0.05, 0) is 30.7 Å². The van der Waals surface area contributed by atoms with Crippen LogP contribution in [0.25, 0.3) is 0 Å².